The molecule has 162 valence electrons. The Hall–Kier alpha value is -3.64. The summed E-state index contributed by atoms with van der Waals surface area (Å²) >= 11 is 0. The largest absolute Gasteiger partial charge is 0.496 e. The molecule has 2 aromatic carbocycles. The standard InChI is InChI=1S/C26H26N4O2/c1-32-24-8-3-2-7-21(24)23-16-29-26-22(23)14-19(15-28-26)17-5-4-6-18(13-17)25(27)30-11-9-20(31)10-12-30/h2-8,13-16,20,27,31H,9-12H2,1H3,(H,28,29). The van der Waals surface area contributed by atoms with Gasteiger partial charge in [0.1, 0.15) is 17.2 Å². The number of ether oxygens (including phenoxy) is 1. The van der Waals surface area contributed by atoms with Gasteiger partial charge in [0.2, 0.25) is 0 Å². The molecule has 32 heavy (non-hydrogen) atoms. The van der Waals surface area contributed by atoms with Crippen LogP contribution in [0.15, 0.2) is 67.0 Å². The highest BCUT2D eigenvalue weighted by molar-refractivity contribution is 5.99. The number of benzene rings is 2. The van der Waals surface area contributed by atoms with Crippen LogP contribution in [-0.4, -0.2) is 52.1 Å². The molecular formula is C26H26N4O2. The van der Waals surface area contributed by atoms with Crippen molar-refractivity contribution in [3.05, 3.63) is 72.6 Å². The summed E-state index contributed by atoms with van der Waals surface area (Å²) in [6.07, 6.45) is 5.01. The van der Waals surface area contributed by atoms with Gasteiger partial charge in [0.05, 0.1) is 13.2 Å². The maximum Gasteiger partial charge on any atom is 0.137 e. The van der Waals surface area contributed by atoms with Crippen LogP contribution in [0.1, 0.15) is 18.4 Å². The van der Waals surface area contributed by atoms with Gasteiger partial charge in [-0.05, 0) is 36.6 Å². The van der Waals surface area contributed by atoms with Crippen molar-refractivity contribution in [2.45, 2.75) is 18.9 Å². The van der Waals surface area contributed by atoms with E-state index in [2.05, 4.69) is 22.1 Å². The number of aliphatic hydroxyl groups excluding tert-OH is 1. The van der Waals surface area contributed by atoms with E-state index in [1.165, 1.54) is 0 Å². The number of hydrogen-bond acceptors (Lipinski definition) is 4. The molecule has 0 bridgehead atoms. The number of pyridine rings is 1. The van der Waals surface area contributed by atoms with Gasteiger partial charge in [-0.2, -0.15) is 0 Å². The Balaban J connectivity index is 1.50. The van der Waals surface area contributed by atoms with Crippen LogP contribution in [0.3, 0.4) is 0 Å². The molecule has 0 atom stereocenters. The number of aliphatic hydroxyl groups is 1. The molecule has 1 saturated heterocycles. The third-order valence-electron chi connectivity index (χ3n) is 6.18. The lowest BCUT2D eigenvalue weighted by Gasteiger charge is -2.31. The monoisotopic (exact) mass is 426 g/mol. The number of rotatable bonds is 4. The lowest BCUT2D eigenvalue weighted by molar-refractivity contribution is 0.109. The highest BCUT2D eigenvalue weighted by atomic mass is 16.5. The SMILES string of the molecule is COc1ccccc1-c1c[nH]c2ncc(-c3cccc(C(=N)N4CCC(O)CC4)c3)cc12. The lowest BCUT2D eigenvalue weighted by atomic mass is 9.99. The quantitative estimate of drug-likeness (QED) is 0.327. The number of aromatic amines is 1. The number of likely N-dealkylation sites (tertiary alicyclic amines) is 1. The van der Waals surface area contributed by atoms with E-state index in [-0.39, 0.29) is 6.10 Å². The van der Waals surface area contributed by atoms with Crippen molar-refractivity contribution in [2.24, 2.45) is 0 Å². The normalized spacial score (nSPS) is 14.6. The number of nitrogens with zero attached hydrogens (tertiary/aromatic N) is 2. The van der Waals surface area contributed by atoms with Crippen LogP contribution in [0.5, 0.6) is 5.75 Å². The van der Waals surface area contributed by atoms with Gasteiger partial charge in [0.25, 0.3) is 0 Å². The fraction of sp³-hybridized carbons (Fsp3) is 0.231. The van der Waals surface area contributed by atoms with E-state index < -0.39 is 0 Å². The smallest absolute Gasteiger partial charge is 0.137 e. The van der Waals surface area contributed by atoms with Gasteiger partial charge in [-0.3, -0.25) is 5.41 Å². The van der Waals surface area contributed by atoms with Gasteiger partial charge in [-0.15, -0.1) is 0 Å². The summed E-state index contributed by atoms with van der Waals surface area (Å²) in [5.74, 6) is 1.32. The van der Waals surface area contributed by atoms with Crippen LogP contribution in [0.25, 0.3) is 33.3 Å². The zero-order chi connectivity index (χ0) is 22.1. The number of H-pyrrole nitrogens is 1. The van der Waals surface area contributed by atoms with Gasteiger partial charge in [0, 0.05) is 53.1 Å². The zero-order valence-electron chi connectivity index (χ0n) is 18.0. The van der Waals surface area contributed by atoms with E-state index in [4.69, 9.17) is 10.1 Å². The summed E-state index contributed by atoms with van der Waals surface area (Å²) < 4.78 is 5.56. The van der Waals surface area contributed by atoms with Crippen LogP contribution >= 0.6 is 0 Å². The number of piperidine rings is 1. The van der Waals surface area contributed by atoms with Gasteiger partial charge in [-0.25, -0.2) is 4.98 Å². The topological polar surface area (TPSA) is 85.2 Å². The fourth-order valence-corrected chi connectivity index (χ4v) is 4.37. The first-order chi connectivity index (χ1) is 15.6. The van der Waals surface area contributed by atoms with Crippen molar-refractivity contribution in [2.75, 3.05) is 20.2 Å². The molecule has 0 aliphatic carbocycles. The number of amidine groups is 1. The molecule has 1 fully saturated rings. The molecule has 4 aromatic rings. The van der Waals surface area contributed by atoms with E-state index in [9.17, 15) is 5.11 Å². The summed E-state index contributed by atoms with van der Waals surface area (Å²) in [6.45, 7) is 1.42. The first-order valence-electron chi connectivity index (χ1n) is 10.9. The summed E-state index contributed by atoms with van der Waals surface area (Å²) in [5.41, 5.74) is 5.77. The van der Waals surface area contributed by atoms with E-state index in [0.717, 1.165) is 44.6 Å². The minimum atomic E-state index is -0.248. The molecule has 0 spiro atoms. The molecule has 1 aliphatic rings. The predicted molar refractivity (Wildman–Crippen MR) is 127 cm³/mol. The molecule has 6 nitrogen and oxygen atoms in total. The highest BCUT2D eigenvalue weighted by Gasteiger charge is 2.20. The predicted octanol–water partition coefficient (Wildman–Crippen LogP) is 4.69. The van der Waals surface area contributed by atoms with Crippen molar-refractivity contribution in [1.82, 2.24) is 14.9 Å². The van der Waals surface area contributed by atoms with Crippen molar-refractivity contribution >= 4 is 16.9 Å². The number of fused-ring (bicyclic) bond motifs is 1. The minimum Gasteiger partial charge on any atom is -0.496 e. The molecule has 5 rings (SSSR count). The molecule has 1 aliphatic heterocycles. The third-order valence-corrected chi connectivity index (χ3v) is 6.18. The fourth-order valence-electron chi connectivity index (χ4n) is 4.37. The summed E-state index contributed by atoms with van der Waals surface area (Å²) in [6, 6.07) is 18.2. The number of nitrogens with one attached hydrogen (secondary N) is 2. The Morgan fingerprint density at radius 2 is 1.88 bits per heavy atom. The van der Waals surface area contributed by atoms with Gasteiger partial charge < -0.3 is 19.7 Å². The third kappa shape index (κ3) is 3.74. The van der Waals surface area contributed by atoms with Crippen molar-refractivity contribution in [3.63, 3.8) is 0 Å². The Bertz CT molecular complexity index is 1270. The molecule has 6 heteroatoms. The molecule has 0 radical (unpaired) electrons. The average molecular weight is 427 g/mol. The maximum atomic E-state index is 9.76. The van der Waals surface area contributed by atoms with Gasteiger partial charge in [0.15, 0.2) is 0 Å². The van der Waals surface area contributed by atoms with Gasteiger partial charge in [-0.1, -0.05) is 36.4 Å². The first kappa shape index (κ1) is 20.3. The van der Waals surface area contributed by atoms with Crippen LogP contribution < -0.4 is 4.74 Å². The number of hydrogen-bond donors (Lipinski definition) is 3. The van der Waals surface area contributed by atoms with Crippen LogP contribution in [0.4, 0.5) is 0 Å². The van der Waals surface area contributed by atoms with E-state index in [0.29, 0.717) is 31.8 Å². The van der Waals surface area contributed by atoms with E-state index >= 15 is 0 Å². The molecule has 2 aromatic heterocycles. The second kappa shape index (κ2) is 8.48. The van der Waals surface area contributed by atoms with Crippen LogP contribution in [-0.2, 0) is 0 Å². The Labute approximate surface area is 187 Å². The molecule has 0 unspecified atom stereocenters. The van der Waals surface area contributed by atoms with Crippen LogP contribution in [0, 0.1) is 5.41 Å². The minimum absolute atomic E-state index is 0.248. The summed E-state index contributed by atoms with van der Waals surface area (Å²) in [4.78, 5) is 9.95. The van der Waals surface area contributed by atoms with Gasteiger partial charge >= 0.3 is 0 Å². The maximum absolute atomic E-state index is 9.76. The Morgan fingerprint density at radius 3 is 2.69 bits per heavy atom. The molecule has 3 heterocycles. The van der Waals surface area contributed by atoms with Crippen molar-refractivity contribution < 1.29 is 9.84 Å². The number of para-hydroxylation sites is 1. The van der Waals surface area contributed by atoms with Crippen molar-refractivity contribution in [3.8, 4) is 28.0 Å². The zero-order valence-corrected chi connectivity index (χ0v) is 18.0. The van der Waals surface area contributed by atoms with Crippen molar-refractivity contribution in [1.29, 1.82) is 5.41 Å². The first-order valence-corrected chi connectivity index (χ1v) is 10.9. The second-order valence-corrected chi connectivity index (χ2v) is 8.17. The highest BCUT2D eigenvalue weighted by Crippen LogP contribution is 2.36. The summed E-state index contributed by atoms with van der Waals surface area (Å²) in [5, 5.41) is 19.4. The lowest BCUT2D eigenvalue weighted by Crippen LogP contribution is -2.40. The molecular weight excluding hydrogens is 400 g/mol. The van der Waals surface area contributed by atoms with E-state index in [1.807, 2.05) is 59.8 Å². The molecule has 3 N–H and O–H groups in total. The summed E-state index contributed by atoms with van der Waals surface area (Å²) in [7, 11) is 1.68. The van der Waals surface area contributed by atoms with E-state index in [1.54, 1.807) is 7.11 Å². The average Bonchev–Trinajstić information content (AvgIpc) is 3.27. The Morgan fingerprint density at radius 1 is 1.06 bits per heavy atom. The Kier molecular flexibility index (Phi) is 5.37. The molecule has 0 amide bonds. The second-order valence-electron chi connectivity index (χ2n) is 8.17. The number of methoxy groups -OCH3 is 1. The van der Waals surface area contributed by atoms with Crippen LogP contribution in [0.2, 0.25) is 0 Å². The molecule has 0 saturated carbocycles. The number of aromatic nitrogens is 2.